The molecule has 2 aromatic rings. The average molecular weight is 452 g/mol. The summed E-state index contributed by atoms with van der Waals surface area (Å²) in [5, 5.41) is 0.586. The number of anilines is 1. The largest absolute Gasteiger partial charge is 0.382 e. The zero-order chi connectivity index (χ0) is 24.0. The first-order valence-corrected chi connectivity index (χ1v) is 12.7. The average Bonchev–Trinajstić information content (AvgIpc) is 2.99. The van der Waals surface area contributed by atoms with Crippen molar-refractivity contribution in [2.75, 3.05) is 26.0 Å². The van der Waals surface area contributed by atoms with Gasteiger partial charge in [-0.15, -0.1) is 11.8 Å². The van der Waals surface area contributed by atoms with E-state index < -0.39 is 0 Å². The fourth-order valence-electron chi connectivity index (χ4n) is 4.77. The number of hydrogen-bond acceptors (Lipinski definition) is 4. The van der Waals surface area contributed by atoms with E-state index in [0.717, 1.165) is 17.8 Å². The summed E-state index contributed by atoms with van der Waals surface area (Å²) in [6.07, 6.45) is 3.35. The molecule has 0 saturated heterocycles. The van der Waals surface area contributed by atoms with Crippen molar-refractivity contribution in [1.82, 2.24) is 9.88 Å². The number of benzene rings is 1. The fraction of sp³-hybridized carbons (Fsp3) is 0.536. The molecule has 0 fully saturated rings. The Bertz CT molecular complexity index is 1010. The third-order valence-electron chi connectivity index (χ3n) is 7.13. The van der Waals surface area contributed by atoms with Crippen molar-refractivity contribution in [3.63, 3.8) is 0 Å². The molecule has 0 bridgehead atoms. The van der Waals surface area contributed by atoms with Crippen LogP contribution in [0.4, 0.5) is 5.69 Å². The van der Waals surface area contributed by atoms with E-state index >= 15 is 0 Å². The molecule has 0 amide bonds. The molecule has 2 atom stereocenters. The van der Waals surface area contributed by atoms with Crippen LogP contribution in [-0.2, 0) is 5.41 Å². The van der Waals surface area contributed by atoms with E-state index in [-0.39, 0.29) is 5.41 Å². The van der Waals surface area contributed by atoms with Crippen molar-refractivity contribution in [3.8, 4) is 0 Å². The van der Waals surface area contributed by atoms with Gasteiger partial charge in [0.1, 0.15) is 0 Å². The van der Waals surface area contributed by atoms with Gasteiger partial charge in [-0.3, -0.25) is 4.98 Å². The molecule has 1 aromatic carbocycles. The lowest BCUT2D eigenvalue weighted by Gasteiger charge is -2.35. The van der Waals surface area contributed by atoms with Crippen LogP contribution in [0.25, 0.3) is 5.70 Å². The summed E-state index contributed by atoms with van der Waals surface area (Å²) < 4.78 is 0. The van der Waals surface area contributed by atoms with Gasteiger partial charge in [0.15, 0.2) is 0 Å². The molecule has 0 saturated carbocycles. The predicted molar refractivity (Wildman–Crippen MR) is 142 cm³/mol. The Balaban J connectivity index is 2.32. The molecule has 0 N–H and O–H groups in total. The Kier molecular flexibility index (Phi) is 7.05. The van der Waals surface area contributed by atoms with E-state index in [0.29, 0.717) is 11.2 Å². The highest BCUT2D eigenvalue weighted by Crippen LogP contribution is 2.53. The summed E-state index contributed by atoms with van der Waals surface area (Å²) in [7, 11) is 6.45. The van der Waals surface area contributed by atoms with E-state index in [9.17, 15) is 0 Å². The van der Waals surface area contributed by atoms with Gasteiger partial charge < -0.3 is 9.80 Å². The highest BCUT2D eigenvalue weighted by molar-refractivity contribution is 8.00. The van der Waals surface area contributed by atoms with Gasteiger partial charge in [-0.1, -0.05) is 46.8 Å². The monoisotopic (exact) mass is 451 g/mol. The summed E-state index contributed by atoms with van der Waals surface area (Å²) in [4.78, 5) is 10.9. The first kappa shape index (κ1) is 24.7. The van der Waals surface area contributed by atoms with Crippen LogP contribution in [0, 0.1) is 20.8 Å². The summed E-state index contributed by atoms with van der Waals surface area (Å²) in [6, 6.07) is 6.98. The summed E-state index contributed by atoms with van der Waals surface area (Å²) in [5.41, 5.74) is 10.2. The van der Waals surface area contributed by atoms with E-state index in [1.807, 2.05) is 11.8 Å². The standard InChI is InChI=1S/C28H41N3S/c1-12-28(7,8)23-14-13-22-19(4)21(6)32-27(22)26(23)31(11)24(16-30(9)10)25-17(2)15-18(3)29-20(25)5/h13-16,19,21H,12H2,1-11H3/b24-16-. The van der Waals surface area contributed by atoms with E-state index in [4.69, 9.17) is 4.98 Å². The second-order valence-electron chi connectivity index (χ2n) is 10.3. The molecule has 4 heteroatoms. The van der Waals surface area contributed by atoms with Crippen molar-refractivity contribution >= 4 is 23.1 Å². The van der Waals surface area contributed by atoms with Crippen LogP contribution in [-0.4, -0.2) is 36.3 Å². The zero-order valence-corrected chi connectivity index (χ0v) is 22.7. The fourth-order valence-corrected chi connectivity index (χ4v) is 6.25. The SMILES string of the molecule is CCC(C)(C)c1ccc2c(c1N(C)/C(=C\N(C)C)c1c(C)cc(C)nc1C)SC(C)C2C. The molecule has 3 rings (SSSR count). The number of nitrogens with zero attached hydrogens (tertiary/aromatic N) is 3. The van der Waals surface area contributed by atoms with Gasteiger partial charge in [-0.2, -0.15) is 0 Å². The minimum absolute atomic E-state index is 0.0904. The topological polar surface area (TPSA) is 19.4 Å². The molecule has 1 aromatic heterocycles. The van der Waals surface area contributed by atoms with Crippen molar-refractivity contribution in [3.05, 3.63) is 58.0 Å². The van der Waals surface area contributed by atoms with Crippen molar-refractivity contribution < 1.29 is 0 Å². The van der Waals surface area contributed by atoms with Crippen LogP contribution in [0.5, 0.6) is 0 Å². The molecule has 0 radical (unpaired) electrons. The molecule has 3 nitrogen and oxygen atoms in total. The summed E-state index contributed by atoms with van der Waals surface area (Å²) in [6.45, 7) is 18.2. The molecular weight excluding hydrogens is 410 g/mol. The van der Waals surface area contributed by atoms with Crippen LogP contribution < -0.4 is 4.90 Å². The summed E-state index contributed by atoms with van der Waals surface area (Å²) in [5.74, 6) is 0.562. The van der Waals surface area contributed by atoms with E-state index in [2.05, 4.69) is 111 Å². The number of fused-ring (bicyclic) bond motifs is 1. The minimum Gasteiger partial charge on any atom is -0.382 e. The number of rotatable bonds is 6. The smallest absolute Gasteiger partial charge is 0.0664 e. The lowest BCUT2D eigenvalue weighted by molar-refractivity contribution is 0.505. The van der Waals surface area contributed by atoms with Crippen LogP contribution in [0.15, 0.2) is 29.3 Å². The first-order valence-electron chi connectivity index (χ1n) is 11.8. The van der Waals surface area contributed by atoms with Gasteiger partial charge >= 0.3 is 0 Å². The number of aryl methyl sites for hydroxylation is 3. The van der Waals surface area contributed by atoms with Crippen molar-refractivity contribution in [2.24, 2.45) is 0 Å². The molecule has 2 unspecified atom stereocenters. The third-order valence-corrected chi connectivity index (χ3v) is 8.58. The Morgan fingerprint density at radius 1 is 1.12 bits per heavy atom. The van der Waals surface area contributed by atoms with Gasteiger partial charge in [0.25, 0.3) is 0 Å². The second kappa shape index (κ2) is 9.13. The molecular formula is C28H41N3S. The Hall–Kier alpha value is -1.94. The van der Waals surface area contributed by atoms with Gasteiger partial charge in [0.2, 0.25) is 0 Å². The number of aromatic nitrogens is 1. The van der Waals surface area contributed by atoms with Gasteiger partial charge in [-0.05, 0) is 61.3 Å². The lowest BCUT2D eigenvalue weighted by atomic mass is 9.79. The van der Waals surface area contributed by atoms with Crippen LogP contribution >= 0.6 is 11.8 Å². The normalized spacial score (nSPS) is 18.7. The maximum Gasteiger partial charge on any atom is 0.0664 e. The molecule has 174 valence electrons. The predicted octanol–water partition coefficient (Wildman–Crippen LogP) is 7.29. The summed E-state index contributed by atoms with van der Waals surface area (Å²) >= 11 is 2.04. The molecule has 2 heterocycles. The van der Waals surface area contributed by atoms with Crippen LogP contribution in [0.1, 0.15) is 80.6 Å². The van der Waals surface area contributed by atoms with Gasteiger partial charge in [0, 0.05) is 54.4 Å². The van der Waals surface area contributed by atoms with E-state index in [1.54, 1.807) is 0 Å². The van der Waals surface area contributed by atoms with Crippen molar-refractivity contribution in [2.45, 2.75) is 83.3 Å². The van der Waals surface area contributed by atoms with Crippen LogP contribution in [0.3, 0.4) is 0 Å². The molecule has 1 aliphatic heterocycles. The van der Waals surface area contributed by atoms with Crippen LogP contribution in [0.2, 0.25) is 0 Å². The number of pyridine rings is 1. The number of hydrogen-bond donors (Lipinski definition) is 0. The molecule has 32 heavy (non-hydrogen) atoms. The highest BCUT2D eigenvalue weighted by Gasteiger charge is 2.35. The Morgan fingerprint density at radius 2 is 1.78 bits per heavy atom. The second-order valence-corrected chi connectivity index (χ2v) is 11.7. The van der Waals surface area contributed by atoms with Crippen molar-refractivity contribution in [1.29, 1.82) is 0 Å². The zero-order valence-electron chi connectivity index (χ0n) is 21.9. The molecule has 1 aliphatic rings. The number of thioether (sulfide) groups is 1. The molecule has 0 aliphatic carbocycles. The maximum atomic E-state index is 4.83. The van der Waals surface area contributed by atoms with Gasteiger partial charge in [-0.25, -0.2) is 0 Å². The highest BCUT2D eigenvalue weighted by atomic mass is 32.2. The lowest BCUT2D eigenvalue weighted by Crippen LogP contribution is -2.26. The minimum atomic E-state index is 0.0904. The molecule has 0 spiro atoms. The third kappa shape index (κ3) is 4.44. The van der Waals surface area contributed by atoms with E-state index in [1.165, 1.54) is 38.5 Å². The van der Waals surface area contributed by atoms with Gasteiger partial charge in [0.05, 0.1) is 11.4 Å². The quantitative estimate of drug-likeness (QED) is 0.459. The maximum absolute atomic E-state index is 4.83. The first-order chi connectivity index (χ1) is 14.9. The Morgan fingerprint density at radius 3 is 2.34 bits per heavy atom. The Labute approximate surface area is 200 Å².